The van der Waals surface area contributed by atoms with Gasteiger partial charge in [0.05, 0.1) is 11.8 Å². The van der Waals surface area contributed by atoms with Gasteiger partial charge in [0.1, 0.15) is 5.69 Å². The Morgan fingerprint density at radius 2 is 1.73 bits per heavy atom. The molecule has 0 radical (unpaired) electrons. The molecule has 1 aromatic carbocycles. The lowest BCUT2D eigenvalue weighted by Crippen LogP contribution is -2.39. The van der Waals surface area contributed by atoms with E-state index in [9.17, 15) is 9.59 Å². The summed E-state index contributed by atoms with van der Waals surface area (Å²) in [5, 5.41) is 15.0. The molecule has 2 aromatic rings. The van der Waals surface area contributed by atoms with Gasteiger partial charge in [-0.05, 0) is 27.6 Å². The molecule has 3 aliphatic rings. The molecule has 0 saturated carbocycles. The third-order valence-corrected chi connectivity index (χ3v) is 4.48. The molecule has 1 aromatic heterocycles. The molecule has 3 aliphatic carbocycles. The molecule has 104 valence electrons. The zero-order chi connectivity index (χ0) is 14.8. The molecule has 0 bridgehead atoms. The summed E-state index contributed by atoms with van der Waals surface area (Å²) < 4.78 is 0. The van der Waals surface area contributed by atoms with Gasteiger partial charge in [0, 0.05) is 16.4 Å². The van der Waals surface area contributed by atoms with Gasteiger partial charge in [-0.25, -0.2) is 0 Å². The van der Waals surface area contributed by atoms with Gasteiger partial charge in [-0.1, -0.05) is 30.3 Å². The smallest absolute Gasteiger partial charge is 0.191 e. The number of hydrogen-bond donors (Lipinski definition) is 0. The first kappa shape index (κ1) is 11.7. The van der Waals surface area contributed by atoms with E-state index in [4.69, 9.17) is 0 Å². The summed E-state index contributed by atoms with van der Waals surface area (Å²) in [6.07, 6.45) is 2.48. The largest absolute Gasteiger partial charge is 0.294 e. The van der Waals surface area contributed by atoms with E-state index in [0.717, 1.165) is 21.6 Å². The van der Waals surface area contributed by atoms with Crippen LogP contribution < -0.4 is 21.0 Å². The molecular formula is C17H9N3O2. The van der Waals surface area contributed by atoms with Crippen molar-refractivity contribution in [1.82, 2.24) is 15.4 Å². The van der Waals surface area contributed by atoms with E-state index in [-0.39, 0.29) is 23.7 Å². The lowest BCUT2D eigenvalue weighted by Gasteiger charge is -2.11. The van der Waals surface area contributed by atoms with Gasteiger partial charge in [0.2, 0.25) is 0 Å². The first-order chi connectivity index (χ1) is 10.8. The summed E-state index contributed by atoms with van der Waals surface area (Å²) >= 11 is 0. The maximum Gasteiger partial charge on any atom is 0.191 e. The average molecular weight is 287 g/mol. The number of aromatic nitrogens is 3. The number of benzene rings is 1. The number of hydrogen-bond acceptors (Lipinski definition) is 5. The second kappa shape index (κ2) is 3.82. The number of nitrogens with zero attached hydrogens (tertiary/aromatic N) is 3. The molecule has 22 heavy (non-hydrogen) atoms. The molecule has 0 unspecified atom stereocenters. The van der Waals surface area contributed by atoms with Gasteiger partial charge in [-0.3, -0.25) is 9.59 Å². The summed E-state index contributed by atoms with van der Waals surface area (Å²) in [7, 11) is 0. The van der Waals surface area contributed by atoms with E-state index < -0.39 is 0 Å². The highest BCUT2D eigenvalue weighted by Crippen LogP contribution is 2.30. The molecule has 5 heteroatoms. The summed E-state index contributed by atoms with van der Waals surface area (Å²) in [6, 6.07) is 7.85. The van der Waals surface area contributed by atoms with Crippen LogP contribution in [0.2, 0.25) is 0 Å². The van der Waals surface area contributed by atoms with Crippen LogP contribution >= 0.6 is 0 Å². The third kappa shape index (κ3) is 1.26. The van der Waals surface area contributed by atoms with Gasteiger partial charge in [0.15, 0.2) is 11.6 Å². The zero-order valence-electron chi connectivity index (χ0n) is 11.5. The Kier molecular flexibility index (Phi) is 2.03. The zero-order valence-corrected chi connectivity index (χ0v) is 11.5. The minimum Gasteiger partial charge on any atom is -0.294 e. The normalized spacial score (nSPS) is 17.9. The van der Waals surface area contributed by atoms with E-state index in [0.29, 0.717) is 22.6 Å². The van der Waals surface area contributed by atoms with Crippen LogP contribution in [0.15, 0.2) is 24.3 Å². The average Bonchev–Trinajstić information content (AvgIpc) is 2.83. The number of ketones is 2. The first-order valence-corrected chi connectivity index (χ1v) is 7.09. The molecule has 0 saturated heterocycles. The van der Waals surface area contributed by atoms with Gasteiger partial charge in [-0.2, -0.15) is 0 Å². The lowest BCUT2D eigenvalue weighted by atomic mass is 9.92. The van der Waals surface area contributed by atoms with Crippen molar-refractivity contribution in [2.24, 2.45) is 0 Å². The van der Waals surface area contributed by atoms with Crippen molar-refractivity contribution in [3.8, 4) is 0 Å². The van der Waals surface area contributed by atoms with Crippen molar-refractivity contribution >= 4 is 34.4 Å². The Morgan fingerprint density at radius 3 is 2.59 bits per heavy atom. The fraction of sp³-hybridized carbons (Fsp3) is 0.118. The SMILES string of the molecule is O=C1CC(=O)c2nnnc3c2=C2C(=c4ccccc4=C12)CC=3. The van der Waals surface area contributed by atoms with Crippen molar-refractivity contribution in [3.63, 3.8) is 0 Å². The van der Waals surface area contributed by atoms with Crippen LogP contribution in [0.25, 0.3) is 22.8 Å². The Morgan fingerprint density at radius 1 is 0.909 bits per heavy atom. The lowest BCUT2D eigenvalue weighted by molar-refractivity contribution is -0.112. The monoisotopic (exact) mass is 287 g/mol. The second-order valence-corrected chi connectivity index (χ2v) is 5.60. The molecule has 0 amide bonds. The minimum atomic E-state index is -0.280. The van der Waals surface area contributed by atoms with E-state index in [1.807, 2.05) is 30.3 Å². The van der Waals surface area contributed by atoms with Crippen LogP contribution in [0.5, 0.6) is 0 Å². The van der Waals surface area contributed by atoms with E-state index in [1.54, 1.807) is 0 Å². The molecule has 0 N–H and O–H groups in total. The third-order valence-electron chi connectivity index (χ3n) is 4.48. The van der Waals surface area contributed by atoms with Gasteiger partial charge < -0.3 is 0 Å². The van der Waals surface area contributed by atoms with Crippen LogP contribution in [0, 0.1) is 0 Å². The van der Waals surface area contributed by atoms with E-state index >= 15 is 0 Å². The predicted octanol–water partition coefficient (Wildman–Crippen LogP) is -1.62. The molecule has 0 fully saturated rings. The topological polar surface area (TPSA) is 72.8 Å². The number of fused-ring (bicyclic) bond motifs is 1. The van der Waals surface area contributed by atoms with Crippen molar-refractivity contribution in [2.75, 3.05) is 0 Å². The fourth-order valence-corrected chi connectivity index (χ4v) is 3.60. The molecule has 1 heterocycles. The number of Topliss-reactive ketones (excluding diaryl/α,β-unsaturated/α-hetero) is 2. The Balaban J connectivity index is 2.17. The van der Waals surface area contributed by atoms with Crippen LogP contribution in [0.3, 0.4) is 0 Å². The maximum atomic E-state index is 12.6. The standard InChI is InChI=1S/C17H9N3O2/c21-12-7-13(22)17-16-11(18-20-19-17)6-5-10-8-3-1-2-4-9(8)14(12)15(10)16/h1-4,6H,5,7H2. The van der Waals surface area contributed by atoms with Crippen LogP contribution in [-0.4, -0.2) is 27.0 Å². The number of carbonyl (C=O) groups excluding carboxylic acids is 2. The van der Waals surface area contributed by atoms with Crippen molar-refractivity contribution < 1.29 is 9.59 Å². The number of carbonyl (C=O) groups is 2. The minimum absolute atomic E-state index is 0.145. The molecule has 0 aliphatic heterocycles. The predicted molar refractivity (Wildman–Crippen MR) is 78.0 cm³/mol. The highest BCUT2D eigenvalue weighted by molar-refractivity contribution is 6.41. The molecule has 5 rings (SSSR count). The van der Waals surface area contributed by atoms with Crippen molar-refractivity contribution in [3.05, 3.63) is 51.0 Å². The van der Waals surface area contributed by atoms with Crippen molar-refractivity contribution in [2.45, 2.75) is 12.8 Å². The van der Waals surface area contributed by atoms with Gasteiger partial charge in [-0.15, -0.1) is 10.2 Å². The molecule has 0 atom stereocenters. The highest BCUT2D eigenvalue weighted by atomic mass is 16.1. The molecule has 5 nitrogen and oxygen atoms in total. The summed E-state index contributed by atoms with van der Waals surface area (Å²) in [5.41, 5.74) is 2.83. The van der Waals surface area contributed by atoms with E-state index in [2.05, 4.69) is 15.4 Å². The van der Waals surface area contributed by atoms with E-state index in [1.165, 1.54) is 0 Å². The summed E-state index contributed by atoms with van der Waals surface area (Å²) in [4.78, 5) is 25.0. The number of rotatable bonds is 0. The summed E-state index contributed by atoms with van der Waals surface area (Å²) in [6.45, 7) is 0. The highest BCUT2D eigenvalue weighted by Gasteiger charge is 2.33. The Hall–Kier alpha value is -2.95. The second-order valence-electron chi connectivity index (χ2n) is 5.60. The molecule has 0 spiro atoms. The maximum absolute atomic E-state index is 12.6. The summed E-state index contributed by atoms with van der Waals surface area (Å²) in [5.74, 6) is -0.425. The van der Waals surface area contributed by atoms with Gasteiger partial charge in [0.25, 0.3) is 0 Å². The quantitative estimate of drug-likeness (QED) is 0.544. The Labute approximate surface area is 124 Å². The Bertz CT molecular complexity index is 1160. The van der Waals surface area contributed by atoms with Crippen molar-refractivity contribution in [1.29, 1.82) is 0 Å². The first-order valence-electron chi connectivity index (χ1n) is 7.09. The van der Waals surface area contributed by atoms with Gasteiger partial charge >= 0.3 is 0 Å². The van der Waals surface area contributed by atoms with Crippen LogP contribution in [0.1, 0.15) is 23.3 Å². The molecular weight excluding hydrogens is 278 g/mol. The van der Waals surface area contributed by atoms with Crippen LogP contribution in [0.4, 0.5) is 0 Å². The fourth-order valence-electron chi connectivity index (χ4n) is 3.60. The van der Waals surface area contributed by atoms with Crippen LogP contribution in [-0.2, 0) is 4.79 Å².